The van der Waals surface area contributed by atoms with E-state index in [4.69, 9.17) is 0 Å². The van der Waals surface area contributed by atoms with Gasteiger partial charge in [-0.2, -0.15) is 0 Å². The SMILES string of the molecule is CCCCc1ccc(C(=O)CBr)cc1. The lowest BCUT2D eigenvalue weighted by Gasteiger charge is -2.01. The lowest BCUT2D eigenvalue weighted by molar-refractivity contribution is 0.102. The zero-order valence-electron chi connectivity index (χ0n) is 8.42. The monoisotopic (exact) mass is 254 g/mol. The molecule has 0 unspecified atom stereocenters. The molecule has 0 saturated heterocycles. The van der Waals surface area contributed by atoms with Crippen molar-refractivity contribution < 1.29 is 4.79 Å². The van der Waals surface area contributed by atoms with Crippen LogP contribution >= 0.6 is 15.9 Å². The number of hydrogen-bond acceptors (Lipinski definition) is 1. The highest BCUT2D eigenvalue weighted by Gasteiger charge is 2.02. The summed E-state index contributed by atoms with van der Waals surface area (Å²) < 4.78 is 0. The third-order valence-electron chi connectivity index (χ3n) is 2.22. The molecule has 0 radical (unpaired) electrons. The van der Waals surface area contributed by atoms with Crippen molar-refractivity contribution >= 4 is 21.7 Å². The van der Waals surface area contributed by atoms with Gasteiger partial charge in [-0.25, -0.2) is 0 Å². The molecule has 1 aromatic rings. The van der Waals surface area contributed by atoms with Crippen LogP contribution in [0.3, 0.4) is 0 Å². The number of halogens is 1. The molecule has 0 heterocycles. The molecule has 0 saturated carbocycles. The maximum atomic E-state index is 11.3. The molecule has 76 valence electrons. The summed E-state index contributed by atoms with van der Waals surface area (Å²) in [6.07, 6.45) is 3.53. The minimum absolute atomic E-state index is 0.145. The minimum Gasteiger partial charge on any atom is -0.293 e. The Morgan fingerprint density at radius 1 is 1.29 bits per heavy atom. The standard InChI is InChI=1S/C12H15BrO/c1-2-3-4-10-5-7-11(8-6-10)12(14)9-13/h5-8H,2-4,9H2,1H3. The highest BCUT2D eigenvalue weighted by Crippen LogP contribution is 2.09. The van der Waals surface area contributed by atoms with Crippen molar-refractivity contribution in [2.75, 3.05) is 5.33 Å². The van der Waals surface area contributed by atoms with Crippen molar-refractivity contribution in [3.63, 3.8) is 0 Å². The van der Waals surface area contributed by atoms with Crippen LogP contribution in [-0.2, 0) is 6.42 Å². The van der Waals surface area contributed by atoms with E-state index >= 15 is 0 Å². The molecule has 0 bridgehead atoms. The summed E-state index contributed by atoms with van der Waals surface area (Å²) in [4.78, 5) is 11.3. The average Bonchev–Trinajstić information content (AvgIpc) is 2.26. The van der Waals surface area contributed by atoms with Crippen LogP contribution in [0.5, 0.6) is 0 Å². The van der Waals surface area contributed by atoms with Gasteiger partial charge in [-0.15, -0.1) is 0 Å². The van der Waals surface area contributed by atoms with E-state index in [-0.39, 0.29) is 5.78 Å². The first kappa shape index (κ1) is 11.4. The van der Waals surface area contributed by atoms with Crippen LogP contribution in [0.1, 0.15) is 35.7 Å². The highest BCUT2D eigenvalue weighted by molar-refractivity contribution is 9.09. The number of Topliss-reactive ketones (excluding diaryl/α,β-unsaturated/α-hetero) is 1. The fraction of sp³-hybridized carbons (Fsp3) is 0.417. The van der Waals surface area contributed by atoms with Crippen molar-refractivity contribution in [2.45, 2.75) is 26.2 Å². The van der Waals surface area contributed by atoms with Crippen LogP contribution < -0.4 is 0 Å². The van der Waals surface area contributed by atoms with Gasteiger partial charge in [-0.1, -0.05) is 53.5 Å². The molecule has 0 aliphatic carbocycles. The molecule has 0 aromatic heterocycles. The fourth-order valence-corrected chi connectivity index (χ4v) is 1.64. The number of unbranched alkanes of at least 4 members (excludes halogenated alkanes) is 1. The molecule has 0 N–H and O–H groups in total. The number of hydrogen-bond donors (Lipinski definition) is 0. The van der Waals surface area contributed by atoms with E-state index in [2.05, 4.69) is 22.9 Å². The van der Waals surface area contributed by atoms with Gasteiger partial charge < -0.3 is 0 Å². The van der Waals surface area contributed by atoms with Gasteiger partial charge in [0.25, 0.3) is 0 Å². The first-order valence-electron chi connectivity index (χ1n) is 4.96. The van der Waals surface area contributed by atoms with Crippen molar-refractivity contribution in [1.82, 2.24) is 0 Å². The van der Waals surface area contributed by atoms with Crippen LogP contribution in [0.2, 0.25) is 0 Å². The van der Waals surface area contributed by atoms with Crippen molar-refractivity contribution in [1.29, 1.82) is 0 Å². The largest absolute Gasteiger partial charge is 0.293 e. The Hall–Kier alpha value is -0.630. The Labute approximate surface area is 93.7 Å². The summed E-state index contributed by atoms with van der Waals surface area (Å²) >= 11 is 3.16. The number of rotatable bonds is 5. The second-order valence-electron chi connectivity index (χ2n) is 3.36. The molecule has 0 amide bonds. The lowest BCUT2D eigenvalue weighted by Crippen LogP contribution is -1.99. The molecule has 1 rings (SSSR count). The molecule has 0 atom stereocenters. The third kappa shape index (κ3) is 3.26. The second kappa shape index (κ2) is 5.97. The fourth-order valence-electron chi connectivity index (χ4n) is 1.32. The van der Waals surface area contributed by atoms with E-state index in [1.807, 2.05) is 24.3 Å². The highest BCUT2D eigenvalue weighted by atomic mass is 79.9. The zero-order valence-corrected chi connectivity index (χ0v) is 10.0. The molecule has 1 nitrogen and oxygen atoms in total. The van der Waals surface area contributed by atoms with Gasteiger partial charge in [0, 0.05) is 5.56 Å². The number of carbonyl (C=O) groups excluding carboxylic acids is 1. The van der Waals surface area contributed by atoms with Crippen LogP contribution in [0.15, 0.2) is 24.3 Å². The quantitative estimate of drug-likeness (QED) is 0.580. The normalized spacial score (nSPS) is 10.1. The van der Waals surface area contributed by atoms with Gasteiger partial charge in [0.2, 0.25) is 0 Å². The first-order chi connectivity index (χ1) is 6.77. The predicted molar refractivity (Wildman–Crippen MR) is 63.2 cm³/mol. The molecule has 1 aromatic carbocycles. The maximum absolute atomic E-state index is 11.3. The Morgan fingerprint density at radius 3 is 2.43 bits per heavy atom. The van der Waals surface area contributed by atoms with E-state index in [9.17, 15) is 4.79 Å². The Balaban J connectivity index is 2.63. The summed E-state index contributed by atoms with van der Waals surface area (Å²) in [5, 5.41) is 0.404. The molecule has 0 spiro atoms. The number of carbonyl (C=O) groups is 1. The van der Waals surface area contributed by atoms with Gasteiger partial charge in [0.1, 0.15) is 0 Å². The summed E-state index contributed by atoms with van der Waals surface area (Å²) in [5.41, 5.74) is 2.11. The summed E-state index contributed by atoms with van der Waals surface area (Å²) in [7, 11) is 0. The Kier molecular flexibility index (Phi) is 4.88. The van der Waals surface area contributed by atoms with Gasteiger partial charge in [-0.3, -0.25) is 4.79 Å². The number of benzene rings is 1. The second-order valence-corrected chi connectivity index (χ2v) is 3.92. The Morgan fingerprint density at radius 2 is 1.93 bits per heavy atom. The summed E-state index contributed by atoms with van der Waals surface area (Å²) in [5.74, 6) is 0.145. The van der Waals surface area contributed by atoms with Gasteiger partial charge in [-0.05, 0) is 18.4 Å². The topological polar surface area (TPSA) is 17.1 Å². The number of alkyl halides is 1. The molecular weight excluding hydrogens is 240 g/mol. The maximum Gasteiger partial charge on any atom is 0.173 e. The van der Waals surface area contributed by atoms with Gasteiger partial charge >= 0.3 is 0 Å². The Bertz CT molecular complexity index is 290. The molecule has 0 aliphatic heterocycles. The van der Waals surface area contributed by atoms with Crippen LogP contribution in [0, 0.1) is 0 Å². The van der Waals surface area contributed by atoms with Crippen LogP contribution in [0.25, 0.3) is 0 Å². The number of aryl methyl sites for hydroxylation is 1. The van der Waals surface area contributed by atoms with E-state index in [0.717, 1.165) is 12.0 Å². The molecule has 2 heteroatoms. The predicted octanol–water partition coefficient (Wildman–Crippen LogP) is 3.61. The molecule has 0 aliphatic rings. The third-order valence-corrected chi connectivity index (χ3v) is 2.73. The molecular formula is C12H15BrO. The first-order valence-corrected chi connectivity index (χ1v) is 6.08. The van der Waals surface area contributed by atoms with Crippen LogP contribution in [0.4, 0.5) is 0 Å². The van der Waals surface area contributed by atoms with Gasteiger partial charge in [0.05, 0.1) is 5.33 Å². The average molecular weight is 255 g/mol. The molecule has 14 heavy (non-hydrogen) atoms. The van der Waals surface area contributed by atoms with E-state index in [0.29, 0.717) is 5.33 Å². The van der Waals surface area contributed by atoms with Gasteiger partial charge in [0.15, 0.2) is 5.78 Å². The number of ketones is 1. The van der Waals surface area contributed by atoms with E-state index in [1.54, 1.807) is 0 Å². The smallest absolute Gasteiger partial charge is 0.173 e. The van der Waals surface area contributed by atoms with Crippen molar-refractivity contribution in [3.05, 3.63) is 35.4 Å². The minimum atomic E-state index is 0.145. The van der Waals surface area contributed by atoms with E-state index in [1.165, 1.54) is 18.4 Å². The van der Waals surface area contributed by atoms with Crippen molar-refractivity contribution in [3.8, 4) is 0 Å². The summed E-state index contributed by atoms with van der Waals surface area (Å²) in [6, 6.07) is 7.92. The van der Waals surface area contributed by atoms with Crippen LogP contribution in [-0.4, -0.2) is 11.1 Å². The lowest BCUT2D eigenvalue weighted by atomic mass is 10.1. The zero-order chi connectivity index (χ0) is 10.4. The van der Waals surface area contributed by atoms with E-state index < -0.39 is 0 Å². The molecule has 0 fully saturated rings. The summed E-state index contributed by atoms with van der Waals surface area (Å²) in [6.45, 7) is 2.18. The van der Waals surface area contributed by atoms with Crippen molar-refractivity contribution in [2.24, 2.45) is 0 Å².